The van der Waals surface area contributed by atoms with Crippen LogP contribution < -0.4 is 17.2 Å². The van der Waals surface area contributed by atoms with E-state index in [4.69, 9.17) is 17.2 Å². The second-order valence-corrected chi connectivity index (χ2v) is 3.06. The van der Waals surface area contributed by atoms with Gasteiger partial charge in [-0.2, -0.15) is 0 Å². The molecule has 0 aromatic heterocycles. The summed E-state index contributed by atoms with van der Waals surface area (Å²) in [5.41, 5.74) is 16.7. The molecule has 0 radical (unpaired) electrons. The van der Waals surface area contributed by atoms with Gasteiger partial charge in [-0.05, 0) is 26.9 Å². The van der Waals surface area contributed by atoms with Crippen LogP contribution >= 0.6 is 0 Å². The molecule has 2 unspecified atom stereocenters. The Labute approximate surface area is 68.7 Å². The molecule has 0 aliphatic rings. The molecule has 0 aromatic rings. The summed E-state index contributed by atoms with van der Waals surface area (Å²) in [6, 6.07) is 0.170. The van der Waals surface area contributed by atoms with Gasteiger partial charge in [-0.1, -0.05) is 0 Å². The van der Waals surface area contributed by atoms with Gasteiger partial charge < -0.3 is 17.2 Å². The topological polar surface area (TPSA) is 81.3 Å². The van der Waals surface area contributed by atoms with Gasteiger partial charge in [0.1, 0.15) is 0 Å². The maximum absolute atomic E-state index is 5.77. The van der Waals surface area contributed by atoms with Crippen LogP contribution in [0, 0.1) is 0 Å². The summed E-state index contributed by atoms with van der Waals surface area (Å²) in [6.07, 6.45) is 0.870. The zero-order valence-corrected chi connectivity index (χ0v) is 7.46. The van der Waals surface area contributed by atoms with Crippen LogP contribution in [-0.2, 0) is 0 Å². The number of rotatable bonds is 5. The van der Waals surface area contributed by atoms with E-state index in [-0.39, 0.29) is 12.2 Å². The van der Waals surface area contributed by atoms with Crippen LogP contribution in [0.4, 0.5) is 0 Å². The van der Waals surface area contributed by atoms with Crippen LogP contribution in [0.3, 0.4) is 0 Å². The summed E-state index contributed by atoms with van der Waals surface area (Å²) in [4.78, 5) is 2.03. The quantitative estimate of drug-likeness (QED) is 0.446. The third-order valence-electron chi connectivity index (χ3n) is 1.60. The minimum absolute atomic E-state index is 0.0472. The Kier molecular flexibility index (Phi) is 5.41. The number of hydrogen-bond donors (Lipinski definition) is 3. The molecule has 4 nitrogen and oxygen atoms in total. The van der Waals surface area contributed by atoms with Crippen LogP contribution in [-0.4, -0.2) is 37.2 Å². The first-order valence-electron chi connectivity index (χ1n) is 3.99. The molecule has 4 heteroatoms. The highest BCUT2D eigenvalue weighted by Gasteiger charge is 2.09. The Morgan fingerprint density at radius 3 is 2.27 bits per heavy atom. The first-order chi connectivity index (χ1) is 5.07. The minimum atomic E-state index is 0.0472. The first-order valence-corrected chi connectivity index (χ1v) is 3.99. The van der Waals surface area contributed by atoms with Crippen LogP contribution in [0.25, 0.3) is 0 Å². The maximum Gasteiger partial charge on any atom is 0.0581 e. The molecule has 0 saturated carbocycles. The van der Waals surface area contributed by atoms with Crippen LogP contribution in [0.1, 0.15) is 13.3 Å². The van der Waals surface area contributed by atoms with Crippen molar-refractivity contribution in [3.05, 3.63) is 0 Å². The van der Waals surface area contributed by atoms with Crippen LogP contribution in [0.5, 0.6) is 0 Å². The van der Waals surface area contributed by atoms with Crippen LogP contribution in [0.2, 0.25) is 0 Å². The summed E-state index contributed by atoms with van der Waals surface area (Å²) in [6.45, 7) is 3.41. The lowest BCUT2D eigenvalue weighted by molar-refractivity contribution is 0.227. The van der Waals surface area contributed by atoms with Gasteiger partial charge in [0.2, 0.25) is 0 Å². The molecule has 0 amide bonds. The fraction of sp³-hybridized carbons (Fsp3) is 1.00. The number of nitrogens with zero attached hydrogens (tertiary/aromatic N) is 1. The molecule has 11 heavy (non-hydrogen) atoms. The van der Waals surface area contributed by atoms with Crippen molar-refractivity contribution in [2.24, 2.45) is 17.2 Å². The summed E-state index contributed by atoms with van der Waals surface area (Å²) in [5, 5.41) is 0. The van der Waals surface area contributed by atoms with Crippen LogP contribution in [0.15, 0.2) is 0 Å². The number of likely N-dealkylation sites (N-methyl/N-ethyl adjacent to an activating group) is 1. The monoisotopic (exact) mass is 160 g/mol. The van der Waals surface area contributed by atoms with Crippen molar-refractivity contribution in [3.63, 3.8) is 0 Å². The zero-order valence-electron chi connectivity index (χ0n) is 7.46. The molecular formula is C7H20N4. The summed E-state index contributed by atoms with van der Waals surface area (Å²) >= 11 is 0. The van der Waals surface area contributed by atoms with Gasteiger partial charge in [0.15, 0.2) is 0 Å². The number of hydrogen-bond acceptors (Lipinski definition) is 4. The highest BCUT2D eigenvalue weighted by molar-refractivity contribution is 4.66. The van der Waals surface area contributed by atoms with E-state index in [0.717, 1.165) is 13.0 Å². The third-order valence-corrected chi connectivity index (χ3v) is 1.60. The predicted molar refractivity (Wildman–Crippen MR) is 47.9 cm³/mol. The molecule has 6 N–H and O–H groups in total. The Morgan fingerprint density at radius 2 is 1.91 bits per heavy atom. The van der Waals surface area contributed by atoms with Gasteiger partial charge in [0.25, 0.3) is 0 Å². The lowest BCUT2D eigenvalue weighted by atomic mass is 10.3. The molecule has 0 aliphatic heterocycles. The summed E-state index contributed by atoms with van der Waals surface area (Å²) < 4.78 is 0. The highest BCUT2D eigenvalue weighted by atomic mass is 15.2. The normalized spacial score (nSPS) is 16.9. The zero-order chi connectivity index (χ0) is 8.85. The van der Waals surface area contributed by atoms with Gasteiger partial charge in [-0.3, -0.25) is 4.90 Å². The minimum Gasteiger partial charge on any atom is -0.330 e. The molecule has 0 bridgehead atoms. The molecule has 68 valence electrons. The molecule has 0 rings (SSSR count). The van der Waals surface area contributed by atoms with E-state index in [1.165, 1.54) is 0 Å². The lowest BCUT2D eigenvalue weighted by Crippen LogP contribution is -2.45. The van der Waals surface area contributed by atoms with E-state index in [0.29, 0.717) is 6.54 Å². The van der Waals surface area contributed by atoms with E-state index in [1.54, 1.807) is 0 Å². The van der Waals surface area contributed by atoms with E-state index in [1.807, 2.05) is 18.9 Å². The smallest absolute Gasteiger partial charge is 0.0581 e. The largest absolute Gasteiger partial charge is 0.330 e. The second kappa shape index (κ2) is 5.49. The average Bonchev–Trinajstić information content (AvgIpc) is 1.86. The van der Waals surface area contributed by atoms with E-state index >= 15 is 0 Å². The molecule has 0 fully saturated rings. The van der Waals surface area contributed by atoms with E-state index in [9.17, 15) is 0 Å². The van der Waals surface area contributed by atoms with Gasteiger partial charge in [-0.25, -0.2) is 0 Å². The maximum atomic E-state index is 5.77. The van der Waals surface area contributed by atoms with Crippen molar-refractivity contribution in [2.45, 2.75) is 25.6 Å². The molecule has 0 saturated heterocycles. The van der Waals surface area contributed by atoms with Crippen molar-refractivity contribution >= 4 is 0 Å². The van der Waals surface area contributed by atoms with Gasteiger partial charge >= 0.3 is 0 Å². The lowest BCUT2D eigenvalue weighted by Gasteiger charge is -2.25. The first kappa shape index (κ1) is 10.8. The van der Waals surface area contributed by atoms with Crippen molar-refractivity contribution in [3.8, 4) is 0 Å². The van der Waals surface area contributed by atoms with Crippen molar-refractivity contribution in [1.29, 1.82) is 0 Å². The van der Waals surface area contributed by atoms with Gasteiger partial charge in [-0.15, -0.1) is 0 Å². The second-order valence-electron chi connectivity index (χ2n) is 3.06. The predicted octanol–water partition coefficient (Wildman–Crippen LogP) is -1.10. The third kappa shape index (κ3) is 5.15. The van der Waals surface area contributed by atoms with Crippen molar-refractivity contribution in [2.75, 3.05) is 20.1 Å². The number of nitrogens with two attached hydrogens (primary N) is 3. The Balaban J connectivity index is 3.54. The molecule has 0 aromatic carbocycles. The van der Waals surface area contributed by atoms with E-state index in [2.05, 4.69) is 0 Å². The molecule has 0 aliphatic carbocycles. The van der Waals surface area contributed by atoms with Crippen molar-refractivity contribution < 1.29 is 0 Å². The molecule has 0 heterocycles. The molecule has 2 atom stereocenters. The fourth-order valence-corrected chi connectivity index (χ4v) is 0.981. The SMILES string of the molecule is CC(N)CN(C)C(N)CCN. The Bertz CT molecular complexity index is 94.4. The Hall–Kier alpha value is -0.160. The highest BCUT2D eigenvalue weighted by Crippen LogP contribution is 1.93. The van der Waals surface area contributed by atoms with Gasteiger partial charge in [0.05, 0.1) is 6.17 Å². The van der Waals surface area contributed by atoms with E-state index < -0.39 is 0 Å². The standard InChI is InChI=1S/C7H20N4/c1-6(9)5-11(2)7(10)3-4-8/h6-7H,3-5,8-10H2,1-2H3. The summed E-state index contributed by atoms with van der Waals surface area (Å²) in [7, 11) is 1.96. The van der Waals surface area contributed by atoms with Gasteiger partial charge in [0, 0.05) is 12.6 Å². The summed E-state index contributed by atoms with van der Waals surface area (Å²) in [5.74, 6) is 0. The van der Waals surface area contributed by atoms with Crippen molar-refractivity contribution in [1.82, 2.24) is 4.90 Å². The fourth-order valence-electron chi connectivity index (χ4n) is 0.981. The molecule has 0 spiro atoms. The Morgan fingerprint density at radius 1 is 1.36 bits per heavy atom. The average molecular weight is 160 g/mol. The molecular weight excluding hydrogens is 140 g/mol.